The minimum absolute atomic E-state index is 0. The monoisotopic (exact) mass is 485 g/mol. The molecule has 0 radical (unpaired) electrons. The summed E-state index contributed by atoms with van der Waals surface area (Å²) >= 11 is 0. The molecule has 5 heteroatoms. The molecule has 3 rings (SSSR count). The summed E-state index contributed by atoms with van der Waals surface area (Å²) in [7, 11) is 3.35. The molecule has 0 bridgehead atoms. The number of rotatable bonds is 7. The number of nitrogens with zero attached hydrogens (tertiary/aromatic N) is 2. The maximum atomic E-state index is 5.59. The third kappa shape index (κ3) is 6.27. The average molecular weight is 486 g/mol. The smallest absolute Gasteiger partial charge is 0.126 e. The van der Waals surface area contributed by atoms with Crippen LogP contribution in [-0.4, -0.2) is 25.6 Å². The second-order valence-corrected chi connectivity index (χ2v) is 7.95. The van der Waals surface area contributed by atoms with Gasteiger partial charge in [-0.3, -0.25) is 4.99 Å². The minimum Gasteiger partial charge on any atom is -0.496 e. The Labute approximate surface area is 207 Å². The van der Waals surface area contributed by atoms with Crippen molar-refractivity contribution < 1.29 is 26.0 Å². The Hall–Kier alpha value is -3.04. The number of hydrogen-bond acceptors (Lipinski definition) is 4. The molecular formula is C28H31N2NiO2-. The van der Waals surface area contributed by atoms with Crippen LogP contribution in [0.1, 0.15) is 34.7 Å². The van der Waals surface area contributed by atoms with Crippen LogP contribution in [0.25, 0.3) is 0 Å². The molecule has 0 aliphatic heterocycles. The average Bonchev–Trinajstić information content (AvgIpc) is 2.78. The van der Waals surface area contributed by atoms with E-state index >= 15 is 0 Å². The Morgan fingerprint density at radius 2 is 1.42 bits per heavy atom. The van der Waals surface area contributed by atoms with E-state index in [0.717, 1.165) is 50.8 Å². The van der Waals surface area contributed by atoms with E-state index in [0.29, 0.717) is 12.1 Å². The summed E-state index contributed by atoms with van der Waals surface area (Å²) in [5, 5.41) is 0. The van der Waals surface area contributed by atoms with E-state index in [-0.39, 0.29) is 16.5 Å². The first-order chi connectivity index (χ1) is 15.3. The zero-order valence-corrected chi connectivity index (χ0v) is 21.1. The largest absolute Gasteiger partial charge is 0.496 e. The molecule has 0 atom stereocenters. The van der Waals surface area contributed by atoms with Crippen molar-refractivity contribution in [3.05, 3.63) is 89.3 Å². The Morgan fingerprint density at radius 1 is 0.848 bits per heavy atom. The molecular weight excluding hydrogens is 455 g/mol. The third-order valence-electron chi connectivity index (χ3n) is 5.52. The van der Waals surface area contributed by atoms with Crippen LogP contribution in [0.4, 0.5) is 11.4 Å². The summed E-state index contributed by atoms with van der Waals surface area (Å²) in [6, 6.07) is 18.2. The number of aliphatic imine (C=N–C) groups is 2. The number of aryl methyl sites for hydroxylation is 3. The first-order valence-corrected chi connectivity index (χ1v) is 10.7. The van der Waals surface area contributed by atoms with E-state index in [4.69, 9.17) is 19.5 Å². The maximum absolute atomic E-state index is 5.59. The molecule has 4 nitrogen and oxygen atoms in total. The SMILES string of the molecule is [CH2-]C(=Nc1ccc(C)cc1Cc1c(OC)cccc1OC)C(C)=Nc1c(C)cccc1C.[Ni]. The standard InChI is InChI=1S/C28H31N2O2.Ni/c1-18-14-15-25(23(16-18)17-24-26(31-6)12-9-13-27(24)32-7)29-21(4)22(5)30-28-19(2)10-8-11-20(28)3;/h8-16H,4,17H2,1-3,5-7H3;/q-1;. The number of benzene rings is 3. The fraction of sp³-hybridized carbons (Fsp3) is 0.250. The fourth-order valence-electron chi connectivity index (χ4n) is 3.70. The van der Waals surface area contributed by atoms with E-state index in [9.17, 15) is 0 Å². The summed E-state index contributed by atoms with van der Waals surface area (Å²) in [5.41, 5.74) is 8.79. The van der Waals surface area contributed by atoms with E-state index in [1.165, 1.54) is 5.56 Å². The van der Waals surface area contributed by atoms with Gasteiger partial charge in [-0.2, -0.15) is 0 Å². The summed E-state index contributed by atoms with van der Waals surface area (Å²) in [6.07, 6.45) is 0.633. The fourth-order valence-corrected chi connectivity index (χ4v) is 3.70. The number of methoxy groups -OCH3 is 2. The van der Waals surface area contributed by atoms with Gasteiger partial charge >= 0.3 is 0 Å². The van der Waals surface area contributed by atoms with Crippen LogP contribution in [0, 0.1) is 27.7 Å². The van der Waals surface area contributed by atoms with Crippen LogP contribution in [-0.2, 0) is 22.9 Å². The van der Waals surface area contributed by atoms with Crippen molar-refractivity contribution in [1.29, 1.82) is 0 Å². The van der Waals surface area contributed by atoms with Crippen LogP contribution in [0.3, 0.4) is 0 Å². The summed E-state index contributed by atoms with van der Waals surface area (Å²) < 4.78 is 11.2. The van der Waals surface area contributed by atoms with Gasteiger partial charge in [-0.15, -0.1) is 0 Å². The van der Waals surface area contributed by atoms with Crippen molar-refractivity contribution in [1.82, 2.24) is 0 Å². The number of ether oxygens (including phenoxy) is 2. The normalized spacial score (nSPS) is 11.7. The topological polar surface area (TPSA) is 43.2 Å². The Kier molecular flexibility index (Phi) is 9.31. The van der Waals surface area contributed by atoms with Gasteiger partial charge in [-0.1, -0.05) is 60.3 Å². The zero-order chi connectivity index (χ0) is 23.3. The second kappa shape index (κ2) is 11.7. The van der Waals surface area contributed by atoms with Crippen molar-refractivity contribution in [2.24, 2.45) is 9.98 Å². The predicted octanol–water partition coefficient (Wildman–Crippen LogP) is 6.92. The van der Waals surface area contributed by atoms with Crippen LogP contribution in [0.15, 0.2) is 64.6 Å². The zero-order valence-electron chi connectivity index (χ0n) is 20.1. The second-order valence-electron chi connectivity index (χ2n) is 7.95. The molecule has 0 unspecified atom stereocenters. The Balaban J connectivity index is 0.00000385. The molecule has 33 heavy (non-hydrogen) atoms. The van der Waals surface area contributed by atoms with Gasteiger partial charge in [0.25, 0.3) is 0 Å². The summed E-state index contributed by atoms with van der Waals surface area (Å²) in [5.74, 6) is 1.59. The Morgan fingerprint density at radius 3 is 2.00 bits per heavy atom. The molecule has 0 saturated carbocycles. The van der Waals surface area contributed by atoms with Gasteiger partial charge in [-0.25, -0.2) is 6.92 Å². The Bertz CT molecular complexity index is 1140. The number of hydrogen-bond donors (Lipinski definition) is 0. The van der Waals surface area contributed by atoms with Crippen LogP contribution >= 0.6 is 0 Å². The van der Waals surface area contributed by atoms with Crippen LogP contribution < -0.4 is 9.47 Å². The van der Waals surface area contributed by atoms with Crippen LogP contribution in [0.5, 0.6) is 11.5 Å². The summed E-state index contributed by atoms with van der Waals surface area (Å²) in [6.45, 7) is 12.4. The first-order valence-electron chi connectivity index (χ1n) is 10.7. The molecule has 3 aromatic rings. The van der Waals surface area contributed by atoms with Crippen molar-refractivity contribution in [3.63, 3.8) is 0 Å². The van der Waals surface area contributed by atoms with Crippen molar-refractivity contribution in [2.45, 2.75) is 34.1 Å². The van der Waals surface area contributed by atoms with E-state index in [1.54, 1.807) is 14.2 Å². The third-order valence-corrected chi connectivity index (χ3v) is 5.52. The van der Waals surface area contributed by atoms with E-state index in [2.05, 4.69) is 52.0 Å². The number of para-hydroxylation sites is 1. The molecule has 0 aromatic heterocycles. The van der Waals surface area contributed by atoms with Gasteiger partial charge < -0.3 is 14.5 Å². The van der Waals surface area contributed by atoms with Gasteiger partial charge in [0.1, 0.15) is 11.5 Å². The van der Waals surface area contributed by atoms with Gasteiger partial charge in [0.2, 0.25) is 0 Å². The molecule has 3 aromatic carbocycles. The molecule has 0 fully saturated rings. The molecule has 0 aliphatic carbocycles. The molecule has 0 heterocycles. The summed E-state index contributed by atoms with van der Waals surface area (Å²) in [4.78, 5) is 9.68. The van der Waals surface area contributed by atoms with Gasteiger partial charge in [0, 0.05) is 34.2 Å². The molecule has 0 aliphatic rings. The van der Waals surface area contributed by atoms with E-state index < -0.39 is 0 Å². The molecule has 0 N–H and O–H groups in total. The van der Waals surface area contributed by atoms with Crippen LogP contribution in [0.2, 0.25) is 0 Å². The van der Waals surface area contributed by atoms with Gasteiger partial charge in [0.15, 0.2) is 0 Å². The van der Waals surface area contributed by atoms with Gasteiger partial charge in [0.05, 0.1) is 19.9 Å². The van der Waals surface area contributed by atoms with Crippen molar-refractivity contribution in [3.8, 4) is 11.5 Å². The van der Waals surface area contributed by atoms with E-state index in [1.807, 2.05) is 37.3 Å². The van der Waals surface area contributed by atoms with Gasteiger partial charge in [-0.05, 0) is 55.7 Å². The minimum atomic E-state index is 0. The van der Waals surface area contributed by atoms with Crippen molar-refractivity contribution in [2.75, 3.05) is 14.2 Å². The predicted molar refractivity (Wildman–Crippen MR) is 135 cm³/mol. The molecule has 0 spiro atoms. The molecule has 0 amide bonds. The molecule has 0 saturated heterocycles. The maximum Gasteiger partial charge on any atom is 0.126 e. The first kappa shape index (κ1) is 26.2. The quantitative estimate of drug-likeness (QED) is 0.207. The van der Waals surface area contributed by atoms with Crippen molar-refractivity contribution >= 4 is 22.8 Å². The molecule has 176 valence electrons.